The fourth-order valence-corrected chi connectivity index (χ4v) is 2.01. The second-order valence-electron chi connectivity index (χ2n) is 4.46. The van der Waals surface area contributed by atoms with Crippen LogP contribution in [0.1, 0.15) is 38.5 Å². The quantitative estimate of drug-likeness (QED) is 0.665. The number of nitrogens with two attached hydrogens (primary N) is 1. The lowest BCUT2D eigenvalue weighted by atomic mass is 9.86. The van der Waals surface area contributed by atoms with Crippen LogP contribution in [0.2, 0.25) is 0 Å². The van der Waals surface area contributed by atoms with E-state index < -0.39 is 0 Å². The Morgan fingerprint density at radius 1 is 1.00 bits per heavy atom. The van der Waals surface area contributed by atoms with Crippen molar-refractivity contribution in [3.05, 3.63) is 0 Å². The minimum Gasteiger partial charge on any atom is -0.328 e. The van der Waals surface area contributed by atoms with Crippen LogP contribution in [-0.2, 0) is 0 Å². The van der Waals surface area contributed by atoms with Gasteiger partial charge in [0.15, 0.2) is 0 Å². The van der Waals surface area contributed by atoms with Crippen molar-refractivity contribution < 1.29 is 0 Å². The van der Waals surface area contributed by atoms with E-state index >= 15 is 0 Å². The Morgan fingerprint density at radius 3 is 2.25 bits per heavy atom. The first-order valence-electron chi connectivity index (χ1n) is 5.33. The first-order valence-corrected chi connectivity index (χ1v) is 5.33. The molecule has 0 heterocycles. The molecular formula is C10H20N2. The molecule has 0 aromatic carbocycles. The number of rotatable bonds is 3. The fourth-order valence-electron chi connectivity index (χ4n) is 2.01. The molecule has 0 saturated heterocycles. The van der Waals surface area contributed by atoms with E-state index in [4.69, 9.17) is 5.73 Å². The summed E-state index contributed by atoms with van der Waals surface area (Å²) in [6.07, 6.45) is 8.01. The highest BCUT2D eigenvalue weighted by molar-refractivity contribution is 4.83. The van der Waals surface area contributed by atoms with Crippen LogP contribution >= 0.6 is 0 Å². The predicted molar refractivity (Wildman–Crippen MR) is 51.0 cm³/mol. The lowest BCUT2D eigenvalue weighted by Crippen LogP contribution is -2.32. The molecule has 0 bridgehead atoms. The summed E-state index contributed by atoms with van der Waals surface area (Å²) in [5, 5.41) is 3.60. The average Bonchev–Trinajstić information content (AvgIpc) is 2.87. The van der Waals surface area contributed by atoms with Gasteiger partial charge in [-0.15, -0.1) is 0 Å². The van der Waals surface area contributed by atoms with Crippen LogP contribution < -0.4 is 11.1 Å². The fraction of sp³-hybridized carbons (Fsp3) is 1.00. The maximum absolute atomic E-state index is 5.84. The van der Waals surface area contributed by atoms with Crippen molar-refractivity contribution in [2.24, 2.45) is 11.7 Å². The summed E-state index contributed by atoms with van der Waals surface area (Å²) in [7, 11) is 0. The van der Waals surface area contributed by atoms with Crippen molar-refractivity contribution in [3.8, 4) is 0 Å². The Hall–Kier alpha value is -0.0800. The van der Waals surface area contributed by atoms with Gasteiger partial charge in [0.05, 0.1) is 0 Å². The molecule has 0 spiro atoms. The number of nitrogens with one attached hydrogen (secondary N) is 1. The van der Waals surface area contributed by atoms with Crippen LogP contribution in [0.4, 0.5) is 0 Å². The molecule has 0 aromatic rings. The van der Waals surface area contributed by atoms with Gasteiger partial charge in [0.2, 0.25) is 0 Å². The zero-order chi connectivity index (χ0) is 8.39. The van der Waals surface area contributed by atoms with Gasteiger partial charge in [-0.2, -0.15) is 0 Å². The van der Waals surface area contributed by atoms with E-state index in [-0.39, 0.29) is 0 Å². The average molecular weight is 168 g/mol. The molecule has 12 heavy (non-hydrogen) atoms. The maximum atomic E-state index is 5.84. The summed E-state index contributed by atoms with van der Waals surface area (Å²) in [4.78, 5) is 0. The number of hydrogen-bond donors (Lipinski definition) is 2. The lowest BCUT2D eigenvalue weighted by molar-refractivity contribution is 0.314. The van der Waals surface area contributed by atoms with Crippen molar-refractivity contribution in [1.82, 2.24) is 5.32 Å². The molecule has 2 heteroatoms. The highest BCUT2D eigenvalue weighted by Gasteiger charge is 2.23. The van der Waals surface area contributed by atoms with Crippen LogP contribution in [0.15, 0.2) is 0 Å². The largest absolute Gasteiger partial charge is 0.328 e. The van der Waals surface area contributed by atoms with Crippen molar-refractivity contribution in [1.29, 1.82) is 0 Å². The summed E-state index contributed by atoms with van der Waals surface area (Å²) < 4.78 is 0. The first-order chi connectivity index (χ1) is 5.84. The molecule has 0 unspecified atom stereocenters. The van der Waals surface area contributed by atoms with Crippen LogP contribution in [0, 0.1) is 5.92 Å². The van der Waals surface area contributed by atoms with Gasteiger partial charge in [0, 0.05) is 12.1 Å². The first kappa shape index (κ1) is 8.52. The molecule has 2 nitrogen and oxygen atoms in total. The Bertz CT molecular complexity index is 135. The zero-order valence-electron chi connectivity index (χ0n) is 7.76. The summed E-state index contributed by atoms with van der Waals surface area (Å²) in [6, 6.07) is 1.38. The van der Waals surface area contributed by atoms with Gasteiger partial charge < -0.3 is 11.1 Å². The summed E-state index contributed by atoms with van der Waals surface area (Å²) in [6.45, 7) is 1.25. The molecule has 0 aromatic heterocycles. The Kier molecular flexibility index (Phi) is 2.66. The zero-order valence-corrected chi connectivity index (χ0v) is 7.76. The molecule has 2 fully saturated rings. The minimum atomic E-state index is 0.502. The van der Waals surface area contributed by atoms with Gasteiger partial charge in [-0.3, -0.25) is 0 Å². The standard InChI is InChI=1S/C10H20N2/c11-9-3-1-8(2-4-9)7-12-10-5-6-10/h8-10,12H,1-7,11H2. The third-order valence-electron chi connectivity index (χ3n) is 3.16. The van der Waals surface area contributed by atoms with Gasteiger partial charge in [-0.25, -0.2) is 0 Å². The highest BCUT2D eigenvalue weighted by atomic mass is 14.9. The van der Waals surface area contributed by atoms with E-state index in [1.807, 2.05) is 0 Å². The van der Waals surface area contributed by atoms with E-state index in [9.17, 15) is 0 Å². The molecule has 0 amide bonds. The summed E-state index contributed by atoms with van der Waals surface area (Å²) in [5.41, 5.74) is 5.84. The van der Waals surface area contributed by atoms with E-state index in [0.29, 0.717) is 6.04 Å². The van der Waals surface area contributed by atoms with Crippen molar-refractivity contribution in [2.45, 2.75) is 50.6 Å². The van der Waals surface area contributed by atoms with Gasteiger partial charge >= 0.3 is 0 Å². The third kappa shape index (κ3) is 2.46. The van der Waals surface area contributed by atoms with Gasteiger partial charge in [-0.05, 0) is 51.0 Å². The smallest absolute Gasteiger partial charge is 0.00683 e. The van der Waals surface area contributed by atoms with Gasteiger partial charge in [0.25, 0.3) is 0 Å². The van der Waals surface area contributed by atoms with Crippen LogP contribution in [0.25, 0.3) is 0 Å². The van der Waals surface area contributed by atoms with E-state index in [1.165, 1.54) is 45.1 Å². The molecule has 0 aliphatic heterocycles. The molecule has 2 aliphatic rings. The van der Waals surface area contributed by atoms with Crippen molar-refractivity contribution >= 4 is 0 Å². The number of hydrogen-bond acceptors (Lipinski definition) is 2. The molecule has 2 saturated carbocycles. The Morgan fingerprint density at radius 2 is 1.67 bits per heavy atom. The van der Waals surface area contributed by atoms with Crippen molar-refractivity contribution in [2.75, 3.05) is 6.54 Å². The Labute approximate surface area is 74.9 Å². The van der Waals surface area contributed by atoms with E-state index in [2.05, 4.69) is 5.32 Å². The molecular weight excluding hydrogens is 148 g/mol. The normalized spacial score (nSPS) is 36.8. The maximum Gasteiger partial charge on any atom is 0.00683 e. The molecule has 2 aliphatic carbocycles. The second-order valence-corrected chi connectivity index (χ2v) is 4.46. The molecule has 0 atom stereocenters. The monoisotopic (exact) mass is 168 g/mol. The van der Waals surface area contributed by atoms with Crippen LogP contribution in [0.3, 0.4) is 0 Å². The van der Waals surface area contributed by atoms with Crippen LogP contribution in [-0.4, -0.2) is 18.6 Å². The van der Waals surface area contributed by atoms with Gasteiger partial charge in [0.1, 0.15) is 0 Å². The van der Waals surface area contributed by atoms with E-state index in [0.717, 1.165) is 12.0 Å². The van der Waals surface area contributed by atoms with Gasteiger partial charge in [-0.1, -0.05) is 0 Å². The third-order valence-corrected chi connectivity index (χ3v) is 3.16. The highest BCUT2D eigenvalue weighted by Crippen LogP contribution is 2.24. The topological polar surface area (TPSA) is 38.0 Å². The summed E-state index contributed by atoms with van der Waals surface area (Å²) >= 11 is 0. The SMILES string of the molecule is NC1CCC(CNC2CC2)CC1. The lowest BCUT2D eigenvalue weighted by Gasteiger charge is -2.26. The second kappa shape index (κ2) is 3.75. The predicted octanol–water partition coefficient (Wildman–Crippen LogP) is 1.26. The molecule has 3 N–H and O–H groups in total. The molecule has 2 rings (SSSR count). The molecule has 70 valence electrons. The van der Waals surface area contributed by atoms with E-state index in [1.54, 1.807) is 0 Å². The minimum absolute atomic E-state index is 0.502. The summed E-state index contributed by atoms with van der Waals surface area (Å²) in [5.74, 6) is 0.922. The van der Waals surface area contributed by atoms with Crippen LogP contribution in [0.5, 0.6) is 0 Å². The van der Waals surface area contributed by atoms with Crippen molar-refractivity contribution in [3.63, 3.8) is 0 Å². The molecule has 0 radical (unpaired) electrons. The Balaban J connectivity index is 1.60.